The van der Waals surface area contributed by atoms with Crippen molar-refractivity contribution in [2.24, 2.45) is 5.92 Å². The molecule has 7 heteroatoms. The van der Waals surface area contributed by atoms with E-state index in [1.54, 1.807) is 18.2 Å². The molecule has 1 aliphatic rings. The van der Waals surface area contributed by atoms with Gasteiger partial charge in [-0.3, -0.25) is 9.69 Å². The second-order valence-electron chi connectivity index (χ2n) is 5.21. The van der Waals surface area contributed by atoms with Crippen LogP contribution in [0, 0.1) is 5.92 Å². The minimum Gasteiger partial charge on any atom is -0.434 e. The van der Waals surface area contributed by atoms with Crippen LogP contribution in [0.2, 0.25) is 0 Å². The van der Waals surface area contributed by atoms with Crippen LogP contribution in [0.15, 0.2) is 30.0 Å². The first-order valence-electron chi connectivity index (χ1n) is 6.77. The van der Waals surface area contributed by atoms with Crippen LogP contribution in [-0.2, 0) is 4.79 Å². The molecule has 0 saturated carbocycles. The molecule has 4 nitrogen and oxygen atoms in total. The number of hydrogen-bond donors (Lipinski definition) is 1. The highest BCUT2D eigenvalue weighted by Crippen LogP contribution is 2.24. The van der Waals surface area contributed by atoms with Gasteiger partial charge in [-0.1, -0.05) is 32.0 Å². The number of amides is 1. The van der Waals surface area contributed by atoms with Gasteiger partial charge in [0, 0.05) is 12.1 Å². The first-order valence-corrected chi connectivity index (χ1v) is 7.17. The average Bonchev–Trinajstić information content (AvgIpc) is 2.68. The molecule has 1 aromatic rings. The molecular weight excluding hydrogens is 310 g/mol. The molecule has 1 N–H and O–H groups in total. The van der Waals surface area contributed by atoms with E-state index in [4.69, 9.17) is 12.2 Å². The van der Waals surface area contributed by atoms with Crippen molar-refractivity contribution in [1.82, 2.24) is 10.2 Å². The summed E-state index contributed by atoms with van der Waals surface area (Å²) in [6.07, 6.45) is 1.46. The lowest BCUT2D eigenvalue weighted by atomic mass is 10.1. The topological polar surface area (TPSA) is 41.6 Å². The van der Waals surface area contributed by atoms with Crippen LogP contribution in [0.3, 0.4) is 0 Å². The van der Waals surface area contributed by atoms with E-state index in [0.717, 1.165) is 0 Å². The summed E-state index contributed by atoms with van der Waals surface area (Å²) in [5.74, 6) is -0.00381. The van der Waals surface area contributed by atoms with Crippen molar-refractivity contribution in [3.05, 3.63) is 35.5 Å². The van der Waals surface area contributed by atoms with Crippen LogP contribution < -0.4 is 10.1 Å². The number of halogens is 2. The van der Waals surface area contributed by atoms with Crippen LogP contribution in [0.4, 0.5) is 8.78 Å². The lowest BCUT2D eigenvalue weighted by Gasteiger charge is -2.16. The molecule has 1 amide bonds. The van der Waals surface area contributed by atoms with Crippen LogP contribution in [-0.4, -0.2) is 29.1 Å². The fraction of sp³-hybridized carbons (Fsp3) is 0.333. The molecule has 0 aromatic heterocycles. The summed E-state index contributed by atoms with van der Waals surface area (Å²) in [6.45, 7) is 1.52. The molecule has 0 unspecified atom stereocenters. The number of para-hydroxylation sites is 1. The molecule has 0 radical (unpaired) electrons. The highest BCUT2D eigenvalue weighted by atomic mass is 32.1. The molecule has 1 saturated heterocycles. The largest absolute Gasteiger partial charge is 0.434 e. The van der Waals surface area contributed by atoms with Gasteiger partial charge in [-0.05, 0) is 30.3 Å². The molecule has 0 atom stereocenters. The highest BCUT2D eigenvalue weighted by molar-refractivity contribution is 7.80. The van der Waals surface area contributed by atoms with Crippen LogP contribution in [0.25, 0.3) is 6.08 Å². The quantitative estimate of drug-likeness (QED) is 0.667. The van der Waals surface area contributed by atoms with E-state index in [0.29, 0.717) is 17.2 Å². The number of nitrogens with one attached hydrogen (secondary N) is 1. The number of nitrogens with zero attached hydrogens (tertiary/aromatic N) is 1. The predicted octanol–water partition coefficient (Wildman–Crippen LogP) is 3.00. The Morgan fingerprint density at radius 1 is 1.36 bits per heavy atom. The van der Waals surface area contributed by atoms with Crippen molar-refractivity contribution >= 4 is 29.3 Å². The highest BCUT2D eigenvalue weighted by Gasteiger charge is 2.31. The minimum absolute atomic E-state index is 0.00725. The van der Waals surface area contributed by atoms with Crippen LogP contribution in [0.5, 0.6) is 5.75 Å². The Hall–Kier alpha value is -2.02. The Bertz CT molecular complexity index is 617. The van der Waals surface area contributed by atoms with Gasteiger partial charge in [0.15, 0.2) is 5.11 Å². The van der Waals surface area contributed by atoms with Crippen molar-refractivity contribution in [3.8, 4) is 5.75 Å². The molecule has 0 bridgehead atoms. The van der Waals surface area contributed by atoms with Crippen LogP contribution in [0.1, 0.15) is 19.4 Å². The number of alkyl halides is 2. The Morgan fingerprint density at radius 3 is 2.68 bits per heavy atom. The van der Waals surface area contributed by atoms with Crippen LogP contribution >= 0.6 is 12.2 Å². The fourth-order valence-corrected chi connectivity index (χ4v) is 2.33. The van der Waals surface area contributed by atoms with Gasteiger partial charge in [-0.2, -0.15) is 8.78 Å². The summed E-state index contributed by atoms with van der Waals surface area (Å²) in [6, 6.07) is 6.27. The molecular formula is C15H16F2N2O2S. The summed E-state index contributed by atoms with van der Waals surface area (Å²) >= 11 is 5.13. The lowest BCUT2D eigenvalue weighted by molar-refractivity contribution is -0.122. The van der Waals surface area contributed by atoms with E-state index in [2.05, 4.69) is 10.1 Å². The van der Waals surface area contributed by atoms with Gasteiger partial charge in [0.2, 0.25) is 0 Å². The van der Waals surface area contributed by atoms with Gasteiger partial charge in [0.25, 0.3) is 5.91 Å². The second kappa shape index (κ2) is 6.83. The standard InChI is InChI=1S/C15H16F2N2O2S/c1-9(2)8-19-13(20)11(18-15(19)22)7-10-5-3-4-6-12(10)21-14(16)17/h3-7,9,14H,8H2,1-2H3,(H,18,22)/b11-7+. The van der Waals surface area contributed by atoms with Crippen molar-refractivity contribution in [3.63, 3.8) is 0 Å². The molecule has 1 aromatic carbocycles. The molecule has 118 valence electrons. The van der Waals surface area contributed by atoms with Gasteiger partial charge in [-0.15, -0.1) is 0 Å². The molecule has 22 heavy (non-hydrogen) atoms. The molecule has 0 aliphatic carbocycles. The number of rotatable bonds is 5. The van der Waals surface area contributed by atoms with E-state index in [1.165, 1.54) is 17.0 Å². The van der Waals surface area contributed by atoms with Crippen molar-refractivity contribution in [2.45, 2.75) is 20.5 Å². The summed E-state index contributed by atoms with van der Waals surface area (Å²) in [7, 11) is 0. The van der Waals surface area contributed by atoms with Gasteiger partial charge in [0.1, 0.15) is 11.4 Å². The van der Waals surface area contributed by atoms with Crippen molar-refractivity contribution < 1.29 is 18.3 Å². The summed E-state index contributed by atoms with van der Waals surface area (Å²) in [5.41, 5.74) is 0.629. The Balaban J connectivity index is 2.27. The van der Waals surface area contributed by atoms with E-state index in [-0.39, 0.29) is 23.3 Å². The third-order valence-electron chi connectivity index (χ3n) is 2.94. The number of hydrogen-bond acceptors (Lipinski definition) is 3. The minimum atomic E-state index is -2.93. The van der Waals surface area contributed by atoms with Gasteiger partial charge in [-0.25, -0.2) is 0 Å². The van der Waals surface area contributed by atoms with E-state index >= 15 is 0 Å². The Morgan fingerprint density at radius 2 is 2.05 bits per heavy atom. The number of thiocarbonyl (C=S) groups is 1. The third kappa shape index (κ3) is 3.79. The first-order chi connectivity index (χ1) is 10.4. The number of carbonyl (C=O) groups is 1. The normalized spacial score (nSPS) is 16.8. The maximum absolute atomic E-state index is 12.4. The van der Waals surface area contributed by atoms with Crippen molar-refractivity contribution in [2.75, 3.05) is 6.54 Å². The summed E-state index contributed by atoms with van der Waals surface area (Å²) in [4.78, 5) is 13.8. The maximum atomic E-state index is 12.4. The van der Waals surface area contributed by atoms with E-state index < -0.39 is 6.61 Å². The summed E-state index contributed by atoms with van der Waals surface area (Å²) < 4.78 is 29.3. The number of benzene rings is 1. The molecule has 1 fully saturated rings. The van der Waals surface area contributed by atoms with Gasteiger partial charge in [0.05, 0.1) is 0 Å². The number of carbonyl (C=O) groups excluding carboxylic acids is 1. The monoisotopic (exact) mass is 326 g/mol. The molecule has 0 spiro atoms. The lowest BCUT2D eigenvalue weighted by Crippen LogP contribution is -2.33. The van der Waals surface area contributed by atoms with Crippen molar-refractivity contribution in [1.29, 1.82) is 0 Å². The van der Waals surface area contributed by atoms with Gasteiger partial charge < -0.3 is 10.1 Å². The smallest absolute Gasteiger partial charge is 0.387 e. The average molecular weight is 326 g/mol. The SMILES string of the molecule is CC(C)CN1C(=O)/C(=C\c2ccccc2OC(F)F)NC1=S. The van der Waals surface area contributed by atoms with E-state index in [9.17, 15) is 13.6 Å². The Kier molecular flexibility index (Phi) is 5.07. The molecule has 2 rings (SSSR count). The summed E-state index contributed by atoms with van der Waals surface area (Å²) in [5, 5.41) is 3.13. The zero-order valence-electron chi connectivity index (χ0n) is 12.2. The maximum Gasteiger partial charge on any atom is 0.387 e. The molecule has 1 aliphatic heterocycles. The Labute approximate surface area is 132 Å². The second-order valence-corrected chi connectivity index (χ2v) is 5.60. The van der Waals surface area contributed by atoms with E-state index in [1.807, 2.05) is 13.8 Å². The number of ether oxygens (including phenoxy) is 1. The molecule has 1 heterocycles. The predicted molar refractivity (Wildman–Crippen MR) is 83.3 cm³/mol. The van der Waals surface area contributed by atoms with Gasteiger partial charge >= 0.3 is 6.61 Å². The first kappa shape index (κ1) is 16.4. The third-order valence-corrected chi connectivity index (χ3v) is 3.27. The fourth-order valence-electron chi connectivity index (χ4n) is 2.06. The zero-order chi connectivity index (χ0) is 16.3. The zero-order valence-corrected chi connectivity index (χ0v) is 13.0.